The summed E-state index contributed by atoms with van der Waals surface area (Å²) in [4.78, 5) is 14.4. The number of carbonyl (C=O) groups is 1. The van der Waals surface area contributed by atoms with Crippen LogP contribution in [-0.4, -0.2) is 60.3 Å². The van der Waals surface area contributed by atoms with Gasteiger partial charge in [-0.3, -0.25) is 4.79 Å². The third-order valence-electron chi connectivity index (χ3n) is 5.71. The molecule has 1 unspecified atom stereocenters. The van der Waals surface area contributed by atoms with E-state index in [0.717, 1.165) is 19.2 Å². The molecular formula is C21H21F3IN3O2. The number of amides is 1. The Morgan fingerprint density at radius 1 is 1.17 bits per heavy atom. The van der Waals surface area contributed by atoms with Crippen LogP contribution in [0.25, 0.3) is 0 Å². The van der Waals surface area contributed by atoms with Gasteiger partial charge in [-0.05, 0) is 52.4 Å². The lowest BCUT2D eigenvalue weighted by atomic mass is 9.84. The molecule has 2 aromatic rings. The fourth-order valence-corrected chi connectivity index (χ4v) is 4.46. The number of halogens is 4. The van der Waals surface area contributed by atoms with Crippen LogP contribution in [0.5, 0.6) is 0 Å². The van der Waals surface area contributed by atoms with Gasteiger partial charge < -0.3 is 20.6 Å². The number of β-amino-alcohol motifs (C(OH)–C–C–N with tert-alkyl or cyclic N) is 1. The van der Waals surface area contributed by atoms with Crippen molar-refractivity contribution in [3.05, 3.63) is 68.0 Å². The molecule has 2 aliphatic rings. The minimum absolute atomic E-state index is 0.0244. The van der Waals surface area contributed by atoms with Gasteiger partial charge in [0.15, 0.2) is 11.6 Å². The van der Waals surface area contributed by atoms with Crippen molar-refractivity contribution in [3.63, 3.8) is 0 Å². The molecule has 0 radical (unpaired) electrons. The lowest BCUT2D eigenvalue weighted by molar-refractivity contribution is -0.106. The zero-order valence-electron chi connectivity index (χ0n) is 16.0. The SMILES string of the molecule is O=C(c1ccc(F)c(F)c1Cc1ccc(I)cc1F)N1CC(O)(C2CNCCN2)C1. The predicted molar refractivity (Wildman–Crippen MR) is 114 cm³/mol. The zero-order chi connectivity index (χ0) is 21.5. The lowest BCUT2D eigenvalue weighted by Crippen LogP contribution is -2.74. The summed E-state index contributed by atoms with van der Waals surface area (Å²) in [6.45, 7) is 2.28. The number of nitrogens with one attached hydrogen (secondary N) is 2. The van der Waals surface area contributed by atoms with Gasteiger partial charge >= 0.3 is 0 Å². The smallest absolute Gasteiger partial charge is 0.254 e. The zero-order valence-corrected chi connectivity index (χ0v) is 18.2. The molecule has 0 saturated carbocycles. The fraction of sp³-hybridized carbons (Fsp3) is 0.381. The Balaban J connectivity index is 1.57. The van der Waals surface area contributed by atoms with E-state index in [1.165, 1.54) is 23.1 Å². The average molecular weight is 531 g/mol. The predicted octanol–water partition coefficient (Wildman–Crippen LogP) is 2.05. The molecule has 2 aliphatic heterocycles. The number of hydrogen-bond donors (Lipinski definition) is 3. The number of piperazine rings is 1. The van der Waals surface area contributed by atoms with Gasteiger partial charge in [0.1, 0.15) is 11.4 Å². The molecule has 0 aromatic heterocycles. The van der Waals surface area contributed by atoms with E-state index >= 15 is 0 Å². The van der Waals surface area contributed by atoms with Crippen molar-refractivity contribution in [2.45, 2.75) is 18.1 Å². The van der Waals surface area contributed by atoms with E-state index in [0.29, 0.717) is 10.1 Å². The number of likely N-dealkylation sites (tertiary alicyclic amines) is 1. The Morgan fingerprint density at radius 2 is 1.93 bits per heavy atom. The van der Waals surface area contributed by atoms with Gasteiger partial charge in [0.25, 0.3) is 5.91 Å². The van der Waals surface area contributed by atoms with Gasteiger partial charge in [-0.1, -0.05) is 6.07 Å². The molecule has 1 amide bonds. The van der Waals surface area contributed by atoms with E-state index < -0.39 is 29.0 Å². The maximum Gasteiger partial charge on any atom is 0.254 e. The van der Waals surface area contributed by atoms with E-state index in [9.17, 15) is 23.1 Å². The van der Waals surface area contributed by atoms with Crippen LogP contribution in [0, 0.1) is 21.0 Å². The Bertz CT molecular complexity index is 976. The monoisotopic (exact) mass is 531 g/mol. The summed E-state index contributed by atoms with van der Waals surface area (Å²) in [5.74, 6) is -3.31. The van der Waals surface area contributed by atoms with Gasteiger partial charge in [-0.15, -0.1) is 0 Å². The molecule has 2 saturated heterocycles. The summed E-state index contributed by atoms with van der Waals surface area (Å²) in [7, 11) is 0. The van der Waals surface area contributed by atoms with Gasteiger partial charge in [0, 0.05) is 40.8 Å². The van der Waals surface area contributed by atoms with Crippen molar-refractivity contribution in [3.8, 4) is 0 Å². The van der Waals surface area contributed by atoms with Gasteiger partial charge in [-0.2, -0.15) is 0 Å². The maximum absolute atomic E-state index is 14.6. The molecular weight excluding hydrogens is 510 g/mol. The van der Waals surface area contributed by atoms with Gasteiger partial charge in [0.05, 0.1) is 19.1 Å². The third-order valence-corrected chi connectivity index (χ3v) is 6.39. The molecule has 3 N–H and O–H groups in total. The summed E-state index contributed by atoms with van der Waals surface area (Å²) < 4.78 is 43.5. The standard InChI is InChI=1S/C21H21F3IN3O2/c22-16-4-3-14(15(19(16)24)7-12-1-2-13(25)8-17(12)23)20(29)28-10-21(30,11-28)18-9-26-5-6-27-18/h1-4,8,18,26-27,30H,5-7,9-11H2. The number of nitrogens with zero attached hydrogens (tertiary/aromatic N) is 1. The molecule has 5 nitrogen and oxygen atoms in total. The molecule has 1 atom stereocenters. The van der Waals surface area contributed by atoms with E-state index in [-0.39, 0.29) is 42.2 Å². The topological polar surface area (TPSA) is 64.6 Å². The summed E-state index contributed by atoms with van der Waals surface area (Å²) in [6, 6.07) is 6.39. The van der Waals surface area contributed by atoms with Crippen molar-refractivity contribution in [1.29, 1.82) is 0 Å². The van der Waals surface area contributed by atoms with Crippen molar-refractivity contribution < 1.29 is 23.1 Å². The molecule has 0 bridgehead atoms. The summed E-state index contributed by atoms with van der Waals surface area (Å²) in [6.07, 6.45) is -0.250. The van der Waals surface area contributed by atoms with Crippen LogP contribution in [0.15, 0.2) is 30.3 Å². The Morgan fingerprint density at radius 3 is 2.60 bits per heavy atom. The van der Waals surface area contributed by atoms with E-state index in [4.69, 9.17) is 0 Å². The molecule has 4 rings (SSSR count). The van der Waals surface area contributed by atoms with Crippen LogP contribution >= 0.6 is 22.6 Å². The highest BCUT2D eigenvalue weighted by Crippen LogP contribution is 2.30. The maximum atomic E-state index is 14.6. The third kappa shape index (κ3) is 4.08. The highest BCUT2D eigenvalue weighted by molar-refractivity contribution is 14.1. The molecule has 0 aliphatic carbocycles. The van der Waals surface area contributed by atoms with Crippen LogP contribution in [0.3, 0.4) is 0 Å². The number of aliphatic hydroxyl groups is 1. The minimum atomic E-state index is -1.16. The molecule has 2 fully saturated rings. The second-order valence-electron chi connectivity index (χ2n) is 7.78. The molecule has 2 heterocycles. The van der Waals surface area contributed by atoms with E-state index in [1.54, 1.807) is 6.07 Å². The van der Waals surface area contributed by atoms with E-state index in [2.05, 4.69) is 10.6 Å². The highest BCUT2D eigenvalue weighted by atomic mass is 127. The van der Waals surface area contributed by atoms with Gasteiger partial charge in [0.2, 0.25) is 0 Å². The van der Waals surface area contributed by atoms with Crippen LogP contribution in [0.4, 0.5) is 13.2 Å². The Kier molecular flexibility index (Phi) is 6.06. The quantitative estimate of drug-likeness (QED) is 0.529. The van der Waals surface area contributed by atoms with Crippen molar-refractivity contribution >= 4 is 28.5 Å². The summed E-state index contributed by atoms with van der Waals surface area (Å²) >= 11 is 1.96. The Hall–Kier alpha value is -1.69. The summed E-state index contributed by atoms with van der Waals surface area (Å²) in [5.41, 5.74) is -1.12. The van der Waals surface area contributed by atoms with Crippen LogP contribution in [0.2, 0.25) is 0 Å². The summed E-state index contributed by atoms with van der Waals surface area (Å²) in [5, 5.41) is 17.2. The first kappa shape index (κ1) is 21.5. The van der Waals surface area contributed by atoms with Crippen LogP contribution in [0.1, 0.15) is 21.5 Å². The average Bonchev–Trinajstić information content (AvgIpc) is 2.71. The molecule has 2 aromatic carbocycles. The molecule has 30 heavy (non-hydrogen) atoms. The number of rotatable bonds is 4. The van der Waals surface area contributed by atoms with E-state index in [1.807, 2.05) is 22.6 Å². The molecule has 9 heteroatoms. The van der Waals surface area contributed by atoms with Crippen LogP contribution in [-0.2, 0) is 6.42 Å². The second kappa shape index (κ2) is 8.45. The molecule has 0 spiro atoms. The highest BCUT2D eigenvalue weighted by Gasteiger charge is 2.49. The second-order valence-corrected chi connectivity index (χ2v) is 9.02. The number of hydrogen-bond acceptors (Lipinski definition) is 4. The normalized spacial score (nSPS) is 20.7. The first-order chi connectivity index (χ1) is 14.3. The largest absolute Gasteiger partial charge is 0.384 e. The Labute approximate surface area is 185 Å². The van der Waals surface area contributed by atoms with Crippen LogP contribution < -0.4 is 10.6 Å². The van der Waals surface area contributed by atoms with Gasteiger partial charge in [-0.25, -0.2) is 13.2 Å². The van der Waals surface area contributed by atoms with Crippen molar-refractivity contribution in [1.82, 2.24) is 15.5 Å². The number of carbonyl (C=O) groups excluding carboxylic acids is 1. The first-order valence-electron chi connectivity index (χ1n) is 9.65. The first-order valence-corrected chi connectivity index (χ1v) is 10.7. The van der Waals surface area contributed by atoms with Crippen molar-refractivity contribution in [2.24, 2.45) is 0 Å². The fourth-order valence-electron chi connectivity index (χ4n) is 4.00. The number of benzene rings is 2. The minimum Gasteiger partial charge on any atom is -0.384 e. The van der Waals surface area contributed by atoms with Crippen molar-refractivity contribution in [2.75, 3.05) is 32.7 Å². The molecule has 160 valence electrons. The lowest BCUT2D eigenvalue weighted by Gasteiger charge is -2.51.